The number of carbonyl (C=O) groups excluding carboxylic acids is 1. The number of urea groups is 1. The first kappa shape index (κ1) is 26.4. The van der Waals surface area contributed by atoms with E-state index in [2.05, 4.69) is 39.7 Å². The number of carbonyl (C=O) groups is 1. The van der Waals surface area contributed by atoms with E-state index in [4.69, 9.17) is 39.8 Å². The molecule has 3 N–H and O–H groups in total. The Morgan fingerprint density at radius 1 is 0.972 bits per heavy atom. The molecule has 0 fully saturated rings. The molecule has 2 aromatic carbocycles. The monoisotopic (exact) mass is 562 g/mol. The van der Waals surface area contributed by atoms with Crippen molar-refractivity contribution in [2.75, 3.05) is 42.1 Å². The van der Waals surface area contributed by atoms with Crippen molar-refractivity contribution >= 4 is 79.6 Å². The maximum absolute atomic E-state index is 12.4. The van der Waals surface area contributed by atoms with Crippen LogP contribution < -0.4 is 16.0 Å². The van der Waals surface area contributed by atoms with Gasteiger partial charge in [-0.1, -0.05) is 60.8 Å². The Bertz CT molecular complexity index is 1360. The van der Waals surface area contributed by atoms with Crippen molar-refractivity contribution in [3.63, 3.8) is 0 Å². The Kier molecular flexibility index (Phi) is 8.87. The number of halogens is 3. The first-order valence-corrected chi connectivity index (χ1v) is 13.4. The van der Waals surface area contributed by atoms with Crippen LogP contribution in [0.1, 0.15) is 13.8 Å². The number of aromatic nitrogens is 2. The molecule has 188 valence electrons. The Labute approximate surface area is 228 Å². The third kappa shape index (κ3) is 6.19. The first-order chi connectivity index (χ1) is 17.4. The standard InChI is InChI=1S/C25H25Cl3N6OS/c1-3-34(4-2)14-13-29-24-21-20(19(27)22(28)36-21)32-23(33-24)15-9-11-16(12-10-15)30-25(35)31-18-8-6-5-7-17(18)26/h5-12H,3-4,13-14H2,1-2H3,(H,29,32,33)(H2,30,31,35). The molecule has 2 heterocycles. The highest BCUT2D eigenvalue weighted by molar-refractivity contribution is 7.24. The van der Waals surface area contributed by atoms with Gasteiger partial charge in [0.2, 0.25) is 0 Å². The summed E-state index contributed by atoms with van der Waals surface area (Å²) in [6.07, 6.45) is 0. The van der Waals surface area contributed by atoms with Crippen LogP contribution in [0.25, 0.3) is 21.6 Å². The molecule has 0 aliphatic rings. The predicted molar refractivity (Wildman–Crippen MR) is 153 cm³/mol. The highest BCUT2D eigenvalue weighted by atomic mass is 35.5. The van der Waals surface area contributed by atoms with Gasteiger partial charge in [0.05, 0.1) is 20.4 Å². The van der Waals surface area contributed by atoms with E-state index in [9.17, 15) is 4.79 Å². The van der Waals surface area contributed by atoms with Gasteiger partial charge in [-0.2, -0.15) is 0 Å². The van der Waals surface area contributed by atoms with E-state index in [0.29, 0.717) is 42.9 Å². The van der Waals surface area contributed by atoms with Crippen LogP contribution in [0, 0.1) is 0 Å². The molecular formula is C25H25Cl3N6OS. The van der Waals surface area contributed by atoms with E-state index >= 15 is 0 Å². The van der Waals surface area contributed by atoms with Gasteiger partial charge in [0.15, 0.2) is 5.82 Å². The van der Waals surface area contributed by atoms with Gasteiger partial charge >= 0.3 is 6.03 Å². The molecule has 36 heavy (non-hydrogen) atoms. The molecular weight excluding hydrogens is 539 g/mol. The van der Waals surface area contributed by atoms with E-state index in [1.807, 2.05) is 12.1 Å². The van der Waals surface area contributed by atoms with Crippen LogP contribution >= 0.6 is 46.1 Å². The van der Waals surface area contributed by atoms with E-state index in [1.54, 1.807) is 36.4 Å². The highest BCUT2D eigenvalue weighted by Crippen LogP contribution is 2.41. The third-order valence-electron chi connectivity index (χ3n) is 5.58. The lowest BCUT2D eigenvalue weighted by Gasteiger charge is -2.18. The second-order valence-corrected chi connectivity index (χ2v) is 10.3. The van der Waals surface area contributed by atoms with E-state index < -0.39 is 6.03 Å². The summed E-state index contributed by atoms with van der Waals surface area (Å²) in [5, 5.41) is 9.84. The van der Waals surface area contributed by atoms with Gasteiger partial charge in [0.1, 0.15) is 15.7 Å². The van der Waals surface area contributed by atoms with Crippen molar-refractivity contribution in [2.24, 2.45) is 0 Å². The zero-order valence-electron chi connectivity index (χ0n) is 19.7. The normalized spacial score (nSPS) is 11.2. The van der Waals surface area contributed by atoms with Gasteiger partial charge < -0.3 is 20.9 Å². The Hall–Kier alpha value is -2.62. The summed E-state index contributed by atoms with van der Waals surface area (Å²) in [4.78, 5) is 24.1. The van der Waals surface area contributed by atoms with Crippen LogP contribution in [0.15, 0.2) is 48.5 Å². The quantitative estimate of drug-likeness (QED) is 0.194. The van der Waals surface area contributed by atoms with Gasteiger partial charge in [-0.15, -0.1) is 11.3 Å². The maximum Gasteiger partial charge on any atom is 0.323 e. The summed E-state index contributed by atoms with van der Waals surface area (Å²) in [6.45, 7) is 7.86. The maximum atomic E-state index is 12.4. The lowest BCUT2D eigenvalue weighted by atomic mass is 10.2. The van der Waals surface area contributed by atoms with Gasteiger partial charge in [0, 0.05) is 24.3 Å². The number of anilines is 3. The summed E-state index contributed by atoms with van der Waals surface area (Å²) >= 11 is 20.2. The summed E-state index contributed by atoms with van der Waals surface area (Å²) < 4.78 is 1.30. The lowest BCUT2D eigenvalue weighted by Crippen LogP contribution is -2.28. The molecule has 0 saturated carbocycles. The van der Waals surface area contributed by atoms with Gasteiger partial charge in [0.25, 0.3) is 0 Å². The van der Waals surface area contributed by atoms with E-state index in [-0.39, 0.29) is 0 Å². The molecule has 0 unspecified atom stereocenters. The number of nitrogens with one attached hydrogen (secondary N) is 3. The highest BCUT2D eigenvalue weighted by Gasteiger charge is 2.18. The molecule has 2 amide bonds. The molecule has 4 rings (SSSR count). The zero-order valence-corrected chi connectivity index (χ0v) is 22.8. The van der Waals surface area contributed by atoms with E-state index in [1.165, 1.54) is 11.3 Å². The number of nitrogens with zero attached hydrogens (tertiary/aromatic N) is 3. The molecule has 0 atom stereocenters. The summed E-state index contributed by atoms with van der Waals surface area (Å²) in [5.41, 5.74) is 2.53. The van der Waals surface area contributed by atoms with Crippen molar-refractivity contribution in [1.29, 1.82) is 0 Å². The fourth-order valence-corrected chi connectivity index (χ4v) is 5.23. The second-order valence-electron chi connectivity index (χ2n) is 7.85. The first-order valence-electron chi connectivity index (χ1n) is 11.4. The minimum atomic E-state index is -0.395. The van der Waals surface area contributed by atoms with Crippen LogP contribution in [0.5, 0.6) is 0 Å². The van der Waals surface area contributed by atoms with Crippen molar-refractivity contribution in [1.82, 2.24) is 14.9 Å². The zero-order chi connectivity index (χ0) is 25.7. The SMILES string of the molecule is CCN(CC)CCNc1nc(-c2ccc(NC(=O)Nc3ccccc3Cl)cc2)nc2c(Cl)c(Cl)sc12. The number of likely N-dealkylation sites (N-methyl/N-ethyl adjacent to an activating group) is 1. The molecule has 0 saturated heterocycles. The van der Waals surface area contributed by atoms with Crippen LogP contribution in [0.2, 0.25) is 14.4 Å². The number of benzene rings is 2. The van der Waals surface area contributed by atoms with Crippen LogP contribution in [0.4, 0.5) is 22.0 Å². The van der Waals surface area contributed by atoms with Gasteiger partial charge in [-0.05, 0) is 49.5 Å². The Morgan fingerprint density at radius 3 is 2.39 bits per heavy atom. The van der Waals surface area contributed by atoms with Crippen molar-refractivity contribution in [3.05, 3.63) is 62.9 Å². The molecule has 0 aliphatic carbocycles. The number of hydrogen-bond acceptors (Lipinski definition) is 6. The predicted octanol–water partition coefficient (Wildman–Crippen LogP) is 7.72. The second kappa shape index (κ2) is 12.1. The molecule has 2 aromatic heterocycles. The number of hydrogen-bond donors (Lipinski definition) is 3. The summed E-state index contributed by atoms with van der Waals surface area (Å²) in [5.74, 6) is 1.21. The van der Waals surface area contributed by atoms with Crippen molar-refractivity contribution in [3.8, 4) is 11.4 Å². The minimum absolute atomic E-state index is 0.395. The van der Waals surface area contributed by atoms with E-state index in [0.717, 1.165) is 36.4 Å². The smallest absolute Gasteiger partial charge is 0.323 e. The Balaban J connectivity index is 1.53. The number of amides is 2. The largest absolute Gasteiger partial charge is 0.367 e. The van der Waals surface area contributed by atoms with Crippen LogP contribution in [0.3, 0.4) is 0 Å². The minimum Gasteiger partial charge on any atom is -0.367 e. The topological polar surface area (TPSA) is 82.2 Å². The number of fused-ring (bicyclic) bond motifs is 1. The Morgan fingerprint density at radius 2 is 1.69 bits per heavy atom. The number of rotatable bonds is 9. The fourth-order valence-electron chi connectivity index (χ4n) is 3.59. The molecule has 0 spiro atoms. The van der Waals surface area contributed by atoms with Crippen LogP contribution in [-0.2, 0) is 0 Å². The van der Waals surface area contributed by atoms with Crippen LogP contribution in [-0.4, -0.2) is 47.1 Å². The lowest BCUT2D eigenvalue weighted by molar-refractivity contribution is 0.262. The van der Waals surface area contributed by atoms with Crippen molar-refractivity contribution < 1.29 is 4.79 Å². The number of para-hydroxylation sites is 1. The fraction of sp³-hybridized carbons (Fsp3) is 0.240. The molecule has 0 aliphatic heterocycles. The molecule has 11 heteroatoms. The average Bonchev–Trinajstić information content (AvgIpc) is 3.17. The summed E-state index contributed by atoms with van der Waals surface area (Å²) in [7, 11) is 0. The number of thiophene rings is 1. The van der Waals surface area contributed by atoms with Crippen molar-refractivity contribution in [2.45, 2.75) is 13.8 Å². The molecule has 0 radical (unpaired) electrons. The average molecular weight is 564 g/mol. The van der Waals surface area contributed by atoms with Gasteiger partial charge in [-0.25, -0.2) is 14.8 Å². The molecule has 4 aromatic rings. The third-order valence-corrected chi connectivity index (χ3v) is 7.88. The van der Waals surface area contributed by atoms with Gasteiger partial charge in [-0.3, -0.25) is 0 Å². The summed E-state index contributed by atoms with van der Waals surface area (Å²) in [6, 6.07) is 13.9. The molecule has 7 nitrogen and oxygen atoms in total. The molecule has 0 bridgehead atoms.